The van der Waals surface area contributed by atoms with E-state index < -0.39 is 0 Å². The summed E-state index contributed by atoms with van der Waals surface area (Å²) < 4.78 is 5.64. The summed E-state index contributed by atoms with van der Waals surface area (Å²) in [6.07, 6.45) is 4.60. The Morgan fingerprint density at radius 2 is 2.22 bits per heavy atom. The summed E-state index contributed by atoms with van der Waals surface area (Å²) in [4.78, 5) is 2.38. The van der Waals surface area contributed by atoms with Crippen LogP contribution in [-0.4, -0.2) is 37.4 Å². The largest absolute Gasteiger partial charge is 0.493 e. The molecule has 0 fully saturated rings. The maximum absolute atomic E-state index is 5.64. The minimum atomic E-state index is 0.874. The van der Waals surface area contributed by atoms with E-state index >= 15 is 0 Å². The van der Waals surface area contributed by atoms with Crippen molar-refractivity contribution in [3.63, 3.8) is 0 Å². The van der Waals surface area contributed by atoms with Crippen LogP contribution in [0, 0.1) is 0 Å². The van der Waals surface area contributed by atoms with Crippen molar-refractivity contribution < 1.29 is 4.74 Å². The first-order valence-electron chi connectivity index (χ1n) is 6.83. The molecule has 2 rings (SSSR count). The van der Waals surface area contributed by atoms with E-state index in [4.69, 9.17) is 4.74 Å². The van der Waals surface area contributed by atoms with Crippen molar-refractivity contribution in [3.05, 3.63) is 29.3 Å². The standard InChI is InChI=1S/C15H23NOS/c1-16(8-3-11-18)9-7-13-5-6-15-14(12-13)4-2-10-17-15/h5-6,12,18H,2-4,7-11H2,1H3. The van der Waals surface area contributed by atoms with Gasteiger partial charge in [0.2, 0.25) is 0 Å². The number of thiol groups is 1. The Labute approximate surface area is 116 Å². The summed E-state index contributed by atoms with van der Waals surface area (Å²) in [6.45, 7) is 3.13. The zero-order valence-electron chi connectivity index (χ0n) is 11.2. The summed E-state index contributed by atoms with van der Waals surface area (Å²) in [6, 6.07) is 6.66. The third-order valence-electron chi connectivity index (χ3n) is 3.45. The topological polar surface area (TPSA) is 12.5 Å². The first-order chi connectivity index (χ1) is 8.79. The van der Waals surface area contributed by atoms with E-state index in [1.165, 1.54) is 17.5 Å². The molecule has 0 amide bonds. The number of aryl methyl sites for hydroxylation is 1. The fraction of sp³-hybridized carbons (Fsp3) is 0.600. The maximum Gasteiger partial charge on any atom is 0.122 e. The monoisotopic (exact) mass is 265 g/mol. The summed E-state index contributed by atoms with van der Waals surface area (Å²) in [5.74, 6) is 2.06. The van der Waals surface area contributed by atoms with Crippen molar-refractivity contribution in [3.8, 4) is 5.75 Å². The lowest BCUT2D eigenvalue weighted by Crippen LogP contribution is -2.22. The predicted octanol–water partition coefficient (Wildman–Crippen LogP) is 2.81. The molecule has 0 aliphatic carbocycles. The van der Waals surface area contributed by atoms with Crippen LogP contribution < -0.4 is 4.74 Å². The van der Waals surface area contributed by atoms with E-state index in [0.717, 1.165) is 50.5 Å². The second kappa shape index (κ2) is 7.05. The summed E-state index contributed by atoms with van der Waals surface area (Å²) in [5.41, 5.74) is 2.81. The van der Waals surface area contributed by atoms with Crippen LogP contribution in [0.5, 0.6) is 5.75 Å². The number of hydrogen-bond acceptors (Lipinski definition) is 3. The van der Waals surface area contributed by atoms with Crippen LogP contribution in [0.3, 0.4) is 0 Å². The molecule has 0 N–H and O–H groups in total. The van der Waals surface area contributed by atoms with Gasteiger partial charge in [0.15, 0.2) is 0 Å². The second-order valence-corrected chi connectivity index (χ2v) is 5.47. The van der Waals surface area contributed by atoms with E-state index in [1.54, 1.807) is 0 Å². The van der Waals surface area contributed by atoms with Crippen molar-refractivity contribution in [1.29, 1.82) is 0 Å². The van der Waals surface area contributed by atoms with Gasteiger partial charge in [0.25, 0.3) is 0 Å². The number of rotatable bonds is 6. The molecule has 0 radical (unpaired) electrons. The Morgan fingerprint density at radius 3 is 3.06 bits per heavy atom. The molecular formula is C15H23NOS. The molecule has 1 heterocycles. The van der Waals surface area contributed by atoms with Gasteiger partial charge in [-0.15, -0.1) is 0 Å². The summed E-state index contributed by atoms with van der Waals surface area (Å²) in [5, 5.41) is 0. The number of benzene rings is 1. The van der Waals surface area contributed by atoms with Crippen molar-refractivity contribution in [2.75, 3.05) is 32.5 Å². The van der Waals surface area contributed by atoms with Crippen molar-refractivity contribution in [2.45, 2.75) is 25.7 Å². The third-order valence-corrected chi connectivity index (χ3v) is 3.77. The SMILES string of the molecule is CN(CCCS)CCc1ccc2c(c1)CCCO2. The van der Waals surface area contributed by atoms with Crippen LogP contribution in [0.1, 0.15) is 24.0 Å². The highest BCUT2D eigenvalue weighted by molar-refractivity contribution is 7.80. The van der Waals surface area contributed by atoms with Crippen LogP contribution >= 0.6 is 12.6 Å². The highest BCUT2D eigenvalue weighted by Crippen LogP contribution is 2.25. The lowest BCUT2D eigenvalue weighted by molar-refractivity contribution is 0.288. The van der Waals surface area contributed by atoms with Crippen LogP contribution in [0.15, 0.2) is 18.2 Å². The van der Waals surface area contributed by atoms with Crippen LogP contribution in [0.25, 0.3) is 0 Å². The Kier molecular flexibility index (Phi) is 5.39. The fourth-order valence-electron chi connectivity index (χ4n) is 2.34. The predicted molar refractivity (Wildman–Crippen MR) is 79.9 cm³/mol. The molecule has 18 heavy (non-hydrogen) atoms. The molecule has 1 aromatic carbocycles. The van der Waals surface area contributed by atoms with Crippen molar-refractivity contribution in [1.82, 2.24) is 4.90 Å². The average Bonchev–Trinajstić information content (AvgIpc) is 2.42. The van der Waals surface area contributed by atoms with E-state index in [1.807, 2.05) is 0 Å². The zero-order chi connectivity index (χ0) is 12.8. The highest BCUT2D eigenvalue weighted by Gasteiger charge is 2.10. The van der Waals surface area contributed by atoms with Crippen molar-refractivity contribution >= 4 is 12.6 Å². The third kappa shape index (κ3) is 3.92. The van der Waals surface area contributed by atoms with Crippen LogP contribution in [0.4, 0.5) is 0 Å². The minimum absolute atomic E-state index is 0.874. The van der Waals surface area contributed by atoms with Crippen LogP contribution in [0.2, 0.25) is 0 Å². The number of hydrogen-bond donors (Lipinski definition) is 1. The molecule has 2 nitrogen and oxygen atoms in total. The lowest BCUT2D eigenvalue weighted by atomic mass is 10.0. The fourth-order valence-corrected chi connectivity index (χ4v) is 2.48. The van der Waals surface area contributed by atoms with Gasteiger partial charge in [-0.2, -0.15) is 12.6 Å². The smallest absolute Gasteiger partial charge is 0.122 e. The number of likely N-dealkylation sites (N-methyl/N-ethyl adjacent to an activating group) is 1. The molecule has 1 aliphatic heterocycles. The lowest BCUT2D eigenvalue weighted by Gasteiger charge is -2.19. The Balaban J connectivity index is 1.86. The van der Waals surface area contributed by atoms with E-state index in [-0.39, 0.29) is 0 Å². The van der Waals surface area contributed by atoms with Gasteiger partial charge in [0.05, 0.1) is 6.61 Å². The Morgan fingerprint density at radius 1 is 1.33 bits per heavy atom. The highest BCUT2D eigenvalue weighted by atomic mass is 32.1. The van der Waals surface area contributed by atoms with Gasteiger partial charge in [-0.3, -0.25) is 0 Å². The molecule has 0 saturated heterocycles. The zero-order valence-corrected chi connectivity index (χ0v) is 12.1. The normalized spacial score (nSPS) is 14.4. The van der Waals surface area contributed by atoms with Gasteiger partial charge >= 0.3 is 0 Å². The van der Waals surface area contributed by atoms with E-state index in [0.29, 0.717) is 0 Å². The van der Waals surface area contributed by atoms with Crippen LogP contribution in [-0.2, 0) is 12.8 Å². The van der Waals surface area contributed by atoms with Gasteiger partial charge in [-0.25, -0.2) is 0 Å². The first kappa shape index (κ1) is 13.8. The van der Waals surface area contributed by atoms with Gasteiger partial charge in [-0.1, -0.05) is 12.1 Å². The van der Waals surface area contributed by atoms with E-state index in [2.05, 4.69) is 42.8 Å². The second-order valence-electron chi connectivity index (χ2n) is 5.02. The molecule has 0 bridgehead atoms. The van der Waals surface area contributed by atoms with E-state index in [9.17, 15) is 0 Å². The molecule has 0 aromatic heterocycles. The summed E-state index contributed by atoms with van der Waals surface area (Å²) in [7, 11) is 2.19. The number of fused-ring (bicyclic) bond motifs is 1. The quantitative estimate of drug-likeness (QED) is 0.794. The molecule has 1 aromatic rings. The van der Waals surface area contributed by atoms with Crippen molar-refractivity contribution in [2.24, 2.45) is 0 Å². The molecule has 0 atom stereocenters. The molecule has 3 heteroatoms. The molecule has 0 unspecified atom stereocenters. The first-order valence-corrected chi connectivity index (χ1v) is 7.47. The molecule has 100 valence electrons. The average molecular weight is 265 g/mol. The summed E-state index contributed by atoms with van der Waals surface area (Å²) >= 11 is 4.25. The number of nitrogens with zero attached hydrogens (tertiary/aromatic N) is 1. The Hall–Kier alpha value is -0.670. The number of ether oxygens (including phenoxy) is 1. The van der Waals surface area contributed by atoms with Gasteiger partial charge in [0.1, 0.15) is 5.75 Å². The molecule has 1 aliphatic rings. The van der Waals surface area contributed by atoms with Gasteiger partial charge < -0.3 is 9.64 Å². The maximum atomic E-state index is 5.64. The molecule has 0 saturated carbocycles. The molecule has 0 spiro atoms. The molecular weight excluding hydrogens is 242 g/mol. The van der Waals surface area contributed by atoms with Gasteiger partial charge in [0, 0.05) is 6.54 Å². The van der Waals surface area contributed by atoms with Gasteiger partial charge in [-0.05, 0) is 62.2 Å². The Bertz CT molecular complexity index is 381. The minimum Gasteiger partial charge on any atom is -0.493 e.